The van der Waals surface area contributed by atoms with Gasteiger partial charge in [0.15, 0.2) is 0 Å². The molecule has 4 rings (SSSR count). The first-order valence-electron chi connectivity index (χ1n) is 8.87. The molecule has 2 amide bonds. The smallest absolute Gasteiger partial charge is 0.324 e. The molecule has 2 aliphatic rings. The van der Waals surface area contributed by atoms with E-state index in [9.17, 15) is 13.2 Å². The maximum absolute atomic E-state index is 13.0. The van der Waals surface area contributed by atoms with Gasteiger partial charge in [-0.05, 0) is 20.3 Å². The van der Waals surface area contributed by atoms with Crippen LogP contribution in [0.2, 0.25) is 0 Å². The van der Waals surface area contributed by atoms with Gasteiger partial charge in [0.2, 0.25) is 10.0 Å². The van der Waals surface area contributed by atoms with E-state index in [0.29, 0.717) is 44.0 Å². The molecular formula is C16H23N7O3S. The number of anilines is 1. The number of H-pyrrole nitrogens is 1. The molecule has 146 valence electrons. The third kappa shape index (κ3) is 2.90. The van der Waals surface area contributed by atoms with Crippen LogP contribution < -0.4 is 4.90 Å². The molecule has 10 nitrogen and oxygen atoms in total. The summed E-state index contributed by atoms with van der Waals surface area (Å²) >= 11 is 0. The lowest BCUT2D eigenvalue weighted by molar-refractivity contribution is 0.229. The van der Waals surface area contributed by atoms with E-state index in [0.717, 1.165) is 5.69 Å². The van der Waals surface area contributed by atoms with E-state index in [2.05, 4.69) is 15.3 Å². The van der Waals surface area contributed by atoms with Crippen molar-refractivity contribution in [2.75, 3.05) is 38.1 Å². The number of sulfonamides is 1. The van der Waals surface area contributed by atoms with Crippen molar-refractivity contribution >= 4 is 21.7 Å². The first kappa shape index (κ1) is 18.0. The van der Waals surface area contributed by atoms with Crippen molar-refractivity contribution < 1.29 is 13.2 Å². The lowest BCUT2D eigenvalue weighted by Crippen LogP contribution is -2.30. The van der Waals surface area contributed by atoms with Crippen molar-refractivity contribution in [3.63, 3.8) is 0 Å². The molecule has 0 aromatic carbocycles. The SMILES string of the molecule is Cc1n[nH]c(C)c1S(=O)(=O)N1CCC(n2cc(N3CCN(C)C3=O)cn2)C1. The predicted molar refractivity (Wildman–Crippen MR) is 98.1 cm³/mol. The summed E-state index contributed by atoms with van der Waals surface area (Å²) in [7, 11) is -1.83. The Morgan fingerprint density at radius 1 is 1.22 bits per heavy atom. The second-order valence-corrected chi connectivity index (χ2v) is 8.98. The molecule has 0 aliphatic carbocycles. The second-order valence-electron chi connectivity index (χ2n) is 7.10. The number of urea groups is 1. The number of likely N-dealkylation sites (N-methyl/N-ethyl adjacent to an activating group) is 1. The van der Waals surface area contributed by atoms with Crippen LogP contribution in [0, 0.1) is 13.8 Å². The average Bonchev–Trinajstić information content (AvgIpc) is 3.37. The van der Waals surface area contributed by atoms with E-state index in [-0.39, 0.29) is 17.0 Å². The Morgan fingerprint density at radius 2 is 2.00 bits per heavy atom. The molecule has 2 aliphatic heterocycles. The minimum absolute atomic E-state index is 0.0453. The quantitative estimate of drug-likeness (QED) is 0.824. The summed E-state index contributed by atoms with van der Waals surface area (Å²) in [4.78, 5) is 15.7. The molecule has 2 fully saturated rings. The van der Waals surface area contributed by atoms with Gasteiger partial charge in [-0.1, -0.05) is 0 Å². The molecule has 1 atom stereocenters. The number of aryl methyl sites for hydroxylation is 2. The summed E-state index contributed by atoms with van der Waals surface area (Å²) in [5.41, 5.74) is 1.77. The van der Waals surface area contributed by atoms with Gasteiger partial charge in [0.1, 0.15) is 4.90 Å². The number of carbonyl (C=O) groups excluding carboxylic acids is 1. The van der Waals surface area contributed by atoms with Crippen molar-refractivity contribution in [2.45, 2.75) is 31.2 Å². The van der Waals surface area contributed by atoms with E-state index in [1.807, 2.05) is 6.20 Å². The Morgan fingerprint density at radius 3 is 2.63 bits per heavy atom. The number of aromatic nitrogens is 4. The van der Waals surface area contributed by atoms with E-state index < -0.39 is 10.0 Å². The molecule has 0 bridgehead atoms. The number of hydrogen-bond acceptors (Lipinski definition) is 5. The maximum atomic E-state index is 13.0. The number of nitrogens with one attached hydrogen (secondary N) is 1. The van der Waals surface area contributed by atoms with Crippen LogP contribution in [-0.4, -0.2) is 76.9 Å². The fraction of sp³-hybridized carbons (Fsp3) is 0.562. The molecule has 1 unspecified atom stereocenters. The molecule has 2 aromatic heterocycles. The lowest BCUT2D eigenvalue weighted by atomic mass is 10.3. The minimum atomic E-state index is -3.60. The van der Waals surface area contributed by atoms with Gasteiger partial charge in [-0.15, -0.1) is 0 Å². The van der Waals surface area contributed by atoms with Gasteiger partial charge in [0, 0.05) is 39.4 Å². The van der Waals surface area contributed by atoms with Crippen molar-refractivity contribution in [2.24, 2.45) is 0 Å². The fourth-order valence-corrected chi connectivity index (χ4v) is 5.57. The zero-order valence-corrected chi connectivity index (χ0v) is 16.4. The fourth-order valence-electron chi connectivity index (χ4n) is 3.75. The van der Waals surface area contributed by atoms with E-state index in [1.165, 1.54) is 4.31 Å². The van der Waals surface area contributed by atoms with Crippen LogP contribution >= 0.6 is 0 Å². The van der Waals surface area contributed by atoms with Crippen LogP contribution in [0.4, 0.5) is 10.5 Å². The number of nitrogens with zero attached hydrogens (tertiary/aromatic N) is 6. The summed E-state index contributed by atoms with van der Waals surface area (Å²) in [6.07, 6.45) is 4.16. The monoisotopic (exact) mass is 393 g/mol. The predicted octanol–water partition coefficient (Wildman–Crippen LogP) is 0.731. The van der Waals surface area contributed by atoms with Gasteiger partial charge < -0.3 is 4.90 Å². The normalized spacial score (nSPS) is 21.6. The molecular weight excluding hydrogens is 370 g/mol. The molecule has 11 heteroatoms. The van der Waals surface area contributed by atoms with Gasteiger partial charge in [-0.25, -0.2) is 13.2 Å². The molecule has 0 saturated carbocycles. The Kier molecular flexibility index (Phi) is 4.22. The Balaban J connectivity index is 1.51. The zero-order valence-electron chi connectivity index (χ0n) is 15.6. The average molecular weight is 393 g/mol. The second kappa shape index (κ2) is 6.34. The number of hydrogen-bond donors (Lipinski definition) is 1. The molecule has 1 N–H and O–H groups in total. The lowest BCUT2D eigenvalue weighted by Gasteiger charge is -2.17. The molecule has 0 radical (unpaired) electrons. The summed E-state index contributed by atoms with van der Waals surface area (Å²) in [6.45, 7) is 5.49. The highest BCUT2D eigenvalue weighted by Crippen LogP contribution is 2.30. The van der Waals surface area contributed by atoms with Crippen molar-refractivity contribution in [3.8, 4) is 0 Å². The summed E-state index contributed by atoms with van der Waals surface area (Å²) in [5.74, 6) is 0. The zero-order chi connectivity index (χ0) is 19.3. The van der Waals surface area contributed by atoms with Crippen molar-refractivity contribution in [1.82, 2.24) is 29.2 Å². The first-order valence-corrected chi connectivity index (χ1v) is 10.3. The summed E-state index contributed by atoms with van der Waals surface area (Å²) in [5, 5.41) is 11.1. The highest BCUT2D eigenvalue weighted by atomic mass is 32.2. The molecule has 4 heterocycles. The highest BCUT2D eigenvalue weighted by molar-refractivity contribution is 7.89. The van der Waals surface area contributed by atoms with Crippen LogP contribution in [-0.2, 0) is 10.0 Å². The topological polar surface area (TPSA) is 107 Å². The van der Waals surface area contributed by atoms with Crippen LogP contribution in [0.5, 0.6) is 0 Å². The van der Waals surface area contributed by atoms with Gasteiger partial charge in [0.05, 0.1) is 29.3 Å². The number of rotatable bonds is 4. The van der Waals surface area contributed by atoms with Gasteiger partial charge >= 0.3 is 6.03 Å². The molecule has 2 aromatic rings. The van der Waals surface area contributed by atoms with Gasteiger partial charge in [-0.3, -0.25) is 14.7 Å². The van der Waals surface area contributed by atoms with E-state index in [1.54, 1.807) is 41.6 Å². The van der Waals surface area contributed by atoms with Crippen molar-refractivity contribution in [3.05, 3.63) is 23.8 Å². The van der Waals surface area contributed by atoms with Crippen molar-refractivity contribution in [1.29, 1.82) is 0 Å². The molecule has 27 heavy (non-hydrogen) atoms. The van der Waals surface area contributed by atoms with Crippen LogP contribution in [0.3, 0.4) is 0 Å². The Hall–Kier alpha value is -2.40. The Bertz CT molecular complexity index is 961. The third-order valence-electron chi connectivity index (χ3n) is 5.27. The first-order chi connectivity index (χ1) is 12.8. The largest absolute Gasteiger partial charge is 0.326 e. The number of amides is 2. The molecule has 0 spiro atoms. The van der Waals surface area contributed by atoms with E-state index in [4.69, 9.17) is 0 Å². The summed E-state index contributed by atoms with van der Waals surface area (Å²) < 4.78 is 29.2. The standard InChI is InChI=1S/C16H23N7O3S/c1-11-15(12(2)19-18-11)27(25,26)21-5-4-13(9-21)23-10-14(8-17-23)22-7-6-20(3)16(22)24/h8,10,13H,4-7,9H2,1-3H3,(H,18,19). The minimum Gasteiger partial charge on any atom is -0.326 e. The van der Waals surface area contributed by atoms with E-state index >= 15 is 0 Å². The van der Waals surface area contributed by atoms with Gasteiger partial charge in [0.25, 0.3) is 0 Å². The number of carbonyl (C=O) groups is 1. The number of aromatic amines is 1. The van der Waals surface area contributed by atoms with Crippen LogP contribution in [0.15, 0.2) is 17.3 Å². The summed E-state index contributed by atoms with van der Waals surface area (Å²) in [6, 6.07) is -0.104. The molecule has 2 saturated heterocycles. The van der Waals surface area contributed by atoms with Crippen LogP contribution in [0.1, 0.15) is 23.9 Å². The highest BCUT2D eigenvalue weighted by Gasteiger charge is 2.37. The Labute approximate surface area is 157 Å². The van der Waals surface area contributed by atoms with Gasteiger partial charge in [-0.2, -0.15) is 14.5 Å². The third-order valence-corrected chi connectivity index (χ3v) is 7.40. The maximum Gasteiger partial charge on any atom is 0.324 e. The van der Waals surface area contributed by atoms with Crippen LogP contribution in [0.25, 0.3) is 0 Å².